The van der Waals surface area contributed by atoms with Gasteiger partial charge in [-0.2, -0.15) is 13.2 Å². The molecule has 1 amide bonds. The molecule has 0 unspecified atom stereocenters. The van der Waals surface area contributed by atoms with Gasteiger partial charge in [-0.05, 0) is 18.2 Å². The first-order valence-corrected chi connectivity index (χ1v) is 4.58. The van der Waals surface area contributed by atoms with Gasteiger partial charge in [-0.25, -0.2) is 4.39 Å². The predicted molar refractivity (Wildman–Crippen MR) is 51.4 cm³/mol. The lowest BCUT2D eigenvalue weighted by Gasteiger charge is -2.09. The van der Waals surface area contributed by atoms with Crippen LogP contribution in [0.15, 0.2) is 18.2 Å². The lowest BCUT2D eigenvalue weighted by atomic mass is 10.1. The summed E-state index contributed by atoms with van der Waals surface area (Å²) in [6.45, 7) is -0.739. The Kier molecular flexibility index (Phi) is 3.89. The zero-order chi connectivity index (χ0) is 13.9. The molecule has 2 N–H and O–H groups in total. The quantitative estimate of drug-likeness (QED) is 0.817. The molecule has 98 valence electrons. The van der Waals surface area contributed by atoms with Gasteiger partial charge in [-0.15, -0.1) is 0 Å². The minimum Gasteiger partial charge on any atom is -0.480 e. The van der Waals surface area contributed by atoms with Crippen LogP contribution in [0.4, 0.5) is 17.6 Å². The van der Waals surface area contributed by atoms with E-state index >= 15 is 0 Å². The summed E-state index contributed by atoms with van der Waals surface area (Å²) in [4.78, 5) is 21.4. The van der Waals surface area contributed by atoms with E-state index in [9.17, 15) is 27.2 Å². The van der Waals surface area contributed by atoms with Crippen LogP contribution in [-0.4, -0.2) is 23.5 Å². The van der Waals surface area contributed by atoms with Crippen LogP contribution in [0, 0.1) is 5.82 Å². The number of carbonyl (C=O) groups excluding carboxylic acids is 1. The summed E-state index contributed by atoms with van der Waals surface area (Å²) in [6, 6.07) is 1.66. The SMILES string of the molecule is O=C(O)CNC(=O)c1ccc(F)c(C(F)(F)F)c1. The van der Waals surface area contributed by atoms with Crippen LogP contribution in [0.3, 0.4) is 0 Å². The summed E-state index contributed by atoms with van der Waals surface area (Å²) in [6.07, 6.45) is -4.92. The Morgan fingerprint density at radius 3 is 2.39 bits per heavy atom. The van der Waals surface area contributed by atoms with Crippen LogP contribution < -0.4 is 5.32 Å². The largest absolute Gasteiger partial charge is 0.480 e. The van der Waals surface area contributed by atoms with Crippen molar-refractivity contribution < 1.29 is 32.3 Å². The van der Waals surface area contributed by atoms with Gasteiger partial charge in [0.1, 0.15) is 12.4 Å². The molecule has 0 heterocycles. The molecule has 1 aromatic rings. The lowest BCUT2D eigenvalue weighted by Crippen LogP contribution is -2.29. The smallest absolute Gasteiger partial charge is 0.419 e. The van der Waals surface area contributed by atoms with E-state index in [0.29, 0.717) is 12.1 Å². The van der Waals surface area contributed by atoms with E-state index in [2.05, 4.69) is 0 Å². The molecule has 18 heavy (non-hydrogen) atoms. The Balaban J connectivity index is 2.98. The average molecular weight is 265 g/mol. The Morgan fingerprint density at radius 2 is 1.89 bits per heavy atom. The Morgan fingerprint density at radius 1 is 1.28 bits per heavy atom. The number of nitrogens with one attached hydrogen (secondary N) is 1. The summed E-state index contributed by atoms with van der Waals surface area (Å²) < 4.78 is 49.9. The highest BCUT2D eigenvalue weighted by molar-refractivity contribution is 5.95. The molecule has 1 aromatic carbocycles. The normalized spacial score (nSPS) is 11.1. The van der Waals surface area contributed by atoms with Gasteiger partial charge in [0, 0.05) is 5.56 Å². The van der Waals surface area contributed by atoms with E-state index in [1.54, 1.807) is 0 Å². The fraction of sp³-hybridized carbons (Fsp3) is 0.200. The van der Waals surface area contributed by atoms with Crippen molar-refractivity contribution in [1.29, 1.82) is 0 Å². The Hall–Kier alpha value is -2.12. The molecule has 4 nitrogen and oxygen atoms in total. The first-order valence-electron chi connectivity index (χ1n) is 4.58. The van der Waals surface area contributed by atoms with Crippen molar-refractivity contribution in [2.75, 3.05) is 6.54 Å². The number of halogens is 4. The fourth-order valence-electron chi connectivity index (χ4n) is 1.14. The maximum absolute atomic E-state index is 12.9. The van der Waals surface area contributed by atoms with Gasteiger partial charge in [0.15, 0.2) is 0 Å². The molecule has 0 aromatic heterocycles. The highest BCUT2D eigenvalue weighted by Crippen LogP contribution is 2.31. The number of amides is 1. The van der Waals surface area contributed by atoms with E-state index in [1.165, 1.54) is 0 Å². The summed E-state index contributed by atoms with van der Waals surface area (Å²) in [5.74, 6) is -3.87. The van der Waals surface area contributed by atoms with E-state index in [-0.39, 0.29) is 0 Å². The zero-order valence-corrected chi connectivity index (χ0v) is 8.71. The van der Waals surface area contributed by atoms with Crippen LogP contribution in [0.2, 0.25) is 0 Å². The van der Waals surface area contributed by atoms with Gasteiger partial charge < -0.3 is 10.4 Å². The van der Waals surface area contributed by atoms with Crippen LogP contribution in [0.1, 0.15) is 15.9 Å². The maximum Gasteiger partial charge on any atom is 0.419 e. The Labute approximate surface area is 98.2 Å². The summed E-state index contributed by atoms with van der Waals surface area (Å²) in [5.41, 5.74) is -2.05. The molecule has 0 aliphatic carbocycles. The van der Waals surface area contributed by atoms with Gasteiger partial charge in [0.25, 0.3) is 5.91 Å². The van der Waals surface area contributed by atoms with E-state index in [0.717, 1.165) is 6.07 Å². The average Bonchev–Trinajstić information content (AvgIpc) is 2.24. The van der Waals surface area contributed by atoms with E-state index in [1.807, 2.05) is 5.32 Å². The van der Waals surface area contributed by atoms with Crippen molar-refractivity contribution in [3.8, 4) is 0 Å². The number of carboxylic acid groups (broad SMARTS) is 1. The second-order valence-corrected chi connectivity index (χ2v) is 3.27. The number of carbonyl (C=O) groups is 2. The maximum atomic E-state index is 12.9. The van der Waals surface area contributed by atoms with Gasteiger partial charge in [-0.1, -0.05) is 0 Å². The molecule has 0 fully saturated rings. The number of alkyl halides is 3. The monoisotopic (exact) mass is 265 g/mol. The van der Waals surface area contributed by atoms with Crippen LogP contribution in [0.5, 0.6) is 0 Å². The van der Waals surface area contributed by atoms with Crippen molar-refractivity contribution >= 4 is 11.9 Å². The van der Waals surface area contributed by atoms with Crippen molar-refractivity contribution in [2.45, 2.75) is 6.18 Å². The molecular weight excluding hydrogens is 258 g/mol. The van der Waals surface area contributed by atoms with Crippen molar-refractivity contribution in [3.63, 3.8) is 0 Å². The topological polar surface area (TPSA) is 66.4 Å². The lowest BCUT2D eigenvalue weighted by molar-refractivity contribution is -0.140. The molecular formula is C10H7F4NO3. The number of hydrogen-bond acceptors (Lipinski definition) is 2. The minimum atomic E-state index is -4.92. The van der Waals surface area contributed by atoms with E-state index < -0.39 is 41.5 Å². The highest BCUT2D eigenvalue weighted by Gasteiger charge is 2.34. The third-order valence-corrected chi connectivity index (χ3v) is 1.93. The molecule has 0 atom stereocenters. The third-order valence-electron chi connectivity index (χ3n) is 1.93. The van der Waals surface area contributed by atoms with Crippen LogP contribution in [-0.2, 0) is 11.0 Å². The number of aliphatic carboxylic acids is 1. The molecule has 0 aliphatic heterocycles. The van der Waals surface area contributed by atoms with Gasteiger partial charge >= 0.3 is 12.1 Å². The predicted octanol–water partition coefficient (Wildman–Crippen LogP) is 1.66. The highest BCUT2D eigenvalue weighted by atomic mass is 19.4. The molecule has 8 heteroatoms. The molecule has 0 saturated heterocycles. The van der Waals surface area contributed by atoms with Gasteiger partial charge in [0.05, 0.1) is 5.56 Å². The number of carboxylic acids is 1. The van der Waals surface area contributed by atoms with E-state index in [4.69, 9.17) is 5.11 Å². The summed E-state index contributed by atoms with van der Waals surface area (Å²) in [7, 11) is 0. The summed E-state index contributed by atoms with van der Waals surface area (Å²) >= 11 is 0. The standard InChI is InChI=1S/C10H7F4NO3/c11-7-2-1-5(3-6(7)10(12,13)14)9(18)15-4-8(16)17/h1-3H,4H2,(H,15,18)(H,16,17). The molecule has 0 spiro atoms. The van der Waals surface area contributed by atoms with Crippen molar-refractivity contribution in [2.24, 2.45) is 0 Å². The second kappa shape index (κ2) is 5.03. The molecule has 0 saturated carbocycles. The Bertz CT molecular complexity index is 485. The van der Waals surface area contributed by atoms with Crippen molar-refractivity contribution in [1.82, 2.24) is 5.32 Å². The molecule has 0 radical (unpaired) electrons. The first kappa shape index (κ1) is 13.9. The van der Waals surface area contributed by atoms with Gasteiger partial charge in [0.2, 0.25) is 0 Å². The molecule has 0 aliphatic rings. The van der Waals surface area contributed by atoms with Crippen LogP contribution >= 0.6 is 0 Å². The number of hydrogen-bond donors (Lipinski definition) is 2. The zero-order valence-electron chi connectivity index (χ0n) is 8.71. The minimum absolute atomic E-state index is 0.326. The summed E-state index contributed by atoms with van der Waals surface area (Å²) in [5, 5.41) is 10.2. The van der Waals surface area contributed by atoms with Crippen molar-refractivity contribution in [3.05, 3.63) is 35.1 Å². The van der Waals surface area contributed by atoms with Gasteiger partial charge in [-0.3, -0.25) is 9.59 Å². The second-order valence-electron chi connectivity index (χ2n) is 3.27. The fourth-order valence-corrected chi connectivity index (χ4v) is 1.14. The molecule has 1 rings (SSSR count). The van der Waals surface area contributed by atoms with Crippen LogP contribution in [0.25, 0.3) is 0 Å². The number of rotatable bonds is 3. The third kappa shape index (κ3) is 3.44. The first-order chi connectivity index (χ1) is 8.21. The number of benzene rings is 1. The molecule has 0 bridgehead atoms.